The highest BCUT2D eigenvalue weighted by Gasteiger charge is 2.40. The minimum atomic E-state index is -0.559. The van der Waals surface area contributed by atoms with Crippen molar-refractivity contribution in [2.45, 2.75) is 31.3 Å². The van der Waals surface area contributed by atoms with E-state index in [1.165, 1.54) is 0 Å². The van der Waals surface area contributed by atoms with Crippen molar-refractivity contribution in [3.63, 3.8) is 0 Å². The average molecular weight is 396 g/mol. The Morgan fingerprint density at radius 3 is 2.41 bits per heavy atom. The van der Waals surface area contributed by atoms with Crippen LogP contribution >= 0.6 is 0 Å². The Hall–Kier alpha value is -3.06. The molecule has 2 aromatic carbocycles. The van der Waals surface area contributed by atoms with Gasteiger partial charge in [0.15, 0.2) is 0 Å². The summed E-state index contributed by atoms with van der Waals surface area (Å²) in [5, 5.41) is 8.85. The van der Waals surface area contributed by atoms with Crippen molar-refractivity contribution in [3.05, 3.63) is 59.2 Å². The summed E-state index contributed by atoms with van der Waals surface area (Å²) >= 11 is 0. The lowest BCUT2D eigenvalue weighted by Crippen LogP contribution is -2.51. The number of carbonyl (C=O) groups is 2. The van der Waals surface area contributed by atoms with Crippen LogP contribution in [-0.4, -0.2) is 47.7 Å². The Balaban J connectivity index is 1.43. The second kappa shape index (κ2) is 7.75. The molecule has 0 saturated carbocycles. The number of rotatable bonds is 3. The van der Waals surface area contributed by atoms with Gasteiger partial charge in [-0.25, -0.2) is 5.48 Å². The van der Waals surface area contributed by atoms with Gasteiger partial charge in [-0.2, -0.15) is 0 Å². The van der Waals surface area contributed by atoms with E-state index in [0.29, 0.717) is 30.0 Å². The number of benzene rings is 2. The molecule has 7 heteroatoms. The zero-order valence-corrected chi connectivity index (χ0v) is 16.3. The highest BCUT2D eigenvalue weighted by molar-refractivity contribution is 5.94. The SMILES string of the molecule is COc1ccc(C(=O)N2CCC3(CCc4ccc(C(=O)NO)cc4O3)CC2)cc1. The highest BCUT2D eigenvalue weighted by atomic mass is 16.5. The number of ether oxygens (including phenoxy) is 2. The first-order valence-corrected chi connectivity index (χ1v) is 9.73. The van der Waals surface area contributed by atoms with Crippen molar-refractivity contribution < 1.29 is 24.3 Å². The minimum absolute atomic E-state index is 0.0145. The number of likely N-dealkylation sites (tertiary alicyclic amines) is 1. The van der Waals surface area contributed by atoms with Gasteiger partial charge < -0.3 is 14.4 Å². The van der Waals surface area contributed by atoms with E-state index in [4.69, 9.17) is 14.7 Å². The number of hydroxylamine groups is 1. The third-order valence-electron chi connectivity index (χ3n) is 5.91. The zero-order chi connectivity index (χ0) is 20.4. The van der Waals surface area contributed by atoms with E-state index in [0.717, 1.165) is 37.0 Å². The fourth-order valence-electron chi connectivity index (χ4n) is 4.09. The monoisotopic (exact) mass is 396 g/mol. The summed E-state index contributed by atoms with van der Waals surface area (Å²) in [5.74, 6) is 0.867. The van der Waals surface area contributed by atoms with Gasteiger partial charge in [0.25, 0.3) is 11.8 Å². The largest absolute Gasteiger partial charge is 0.497 e. The molecule has 152 valence electrons. The first-order chi connectivity index (χ1) is 14.0. The number of aryl methyl sites for hydroxylation is 1. The molecule has 2 aliphatic rings. The summed E-state index contributed by atoms with van der Waals surface area (Å²) < 4.78 is 11.5. The lowest BCUT2D eigenvalue weighted by atomic mass is 9.82. The van der Waals surface area contributed by atoms with Gasteiger partial charge in [-0.05, 0) is 54.8 Å². The third kappa shape index (κ3) is 3.78. The summed E-state index contributed by atoms with van der Waals surface area (Å²) in [4.78, 5) is 26.4. The summed E-state index contributed by atoms with van der Waals surface area (Å²) in [7, 11) is 1.60. The highest BCUT2D eigenvalue weighted by Crippen LogP contribution is 2.40. The Morgan fingerprint density at radius 1 is 1.07 bits per heavy atom. The maximum absolute atomic E-state index is 12.8. The van der Waals surface area contributed by atoms with Gasteiger partial charge in [0.05, 0.1) is 7.11 Å². The van der Waals surface area contributed by atoms with Crippen LogP contribution in [0, 0.1) is 0 Å². The first-order valence-electron chi connectivity index (χ1n) is 9.73. The van der Waals surface area contributed by atoms with E-state index in [2.05, 4.69) is 0 Å². The lowest BCUT2D eigenvalue weighted by molar-refractivity contribution is -0.0107. The van der Waals surface area contributed by atoms with Crippen LogP contribution < -0.4 is 15.0 Å². The molecule has 0 unspecified atom stereocenters. The van der Waals surface area contributed by atoms with E-state index >= 15 is 0 Å². The number of nitrogens with zero attached hydrogens (tertiary/aromatic N) is 1. The van der Waals surface area contributed by atoms with Crippen LogP contribution in [0.3, 0.4) is 0 Å². The van der Waals surface area contributed by atoms with E-state index in [1.807, 2.05) is 11.0 Å². The number of hydrogen-bond acceptors (Lipinski definition) is 5. The molecule has 0 radical (unpaired) electrons. The van der Waals surface area contributed by atoms with Crippen LogP contribution in [0.25, 0.3) is 0 Å². The molecule has 2 aromatic rings. The second-order valence-electron chi connectivity index (χ2n) is 7.57. The Bertz CT molecular complexity index is 917. The number of nitrogens with one attached hydrogen (secondary N) is 1. The van der Waals surface area contributed by atoms with Crippen LogP contribution in [0.2, 0.25) is 0 Å². The molecule has 0 aliphatic carbocycles. The summed E-state index contributed by atoms with van der Waals surface area (Å²) in [6.07, 6.45) is 3.23. The van der Waals surface area contributed by atoms with Crippen LogP contribution in [-0.2, 0) is 6.42 Å². The van der Waals surface area contributed by atoms with E-state index in [1.54, 1.807) is 49.0 Å². The number of amides is 2. The summed E-state index contributed by atoms with van der Waals surface area (Å²) in [6, 6.07) is 12.4. The molecule has 29 heavy (non-hydrogen) atoms. The van der Waals surface area contributed by atoms with Gasteiger partial charge >= 0.3 is 0 Å². The van der Waals surface area contributed by atoms with E-state index in [-0.39, 0.29) is 11.5 Å². The van der Waals surface area contributed by atoms with Gasteiger partial charge in [-0.3, -0.25) is 14.8 Å². The van der Waals surface area contributed by atoms with Crippen LogP contribution in [0.4, 0.5) is 0 Å². The van der Waals surface area contributed by atoms with Crippen molar-refractivity contribution in [2.75, 3.05) is 20.2 Å². The fourth-order valence-corrected chi connectivity index (χ4v) is 4.09. The van der Waals surface area contributed by atoms with Crippen molar-refractivity contribution in [1.82, 2.24) is 10.4 Å². The van der Waals surface area contributed by atoms with Crippen LogP contribution in [0.1, 0.15) is 45.5 Å². The predicted molar refractivity (Wildman–Crippen MR) is 106 cm³/mol. The van der Waals surface area contributed by atoms with Crippen molar-refractivity contribution >= 4 is 11.8 Å². The molecule has 0 bridgehead atoms. The number of fused-ring (bicyclic) bond motifs is 1. The smallest absolute Gasteiger partial charge is 0.274 e. The Kier molecular flexibility index (Phi) is 5.15. The molecule has 4 rings (SSSR count). The van der Waals surface area contributed by atoms with Crippen LogP contribution in [0.15, 0.2) is 42.5 Å². The third-order valence-corrected chi connectivity index (χ3v) is 5.91. The number of hydrogen-bond donors (Lipinski definition) is 2. The average Bonchev–Trinajstić information content (AvgIpc) is 2.78. The molecule has 2 amide bonds. The maximum Gasteiger partial charge on any atom is 0.274 e. The number of carbonyl (C=O) groups excluding carboxylic acids is 2. The van der Waals surface area contributed by atoms with Crippen molar-refractivity contribution in [2.24, 2.45) is 0 Å². The topological polar surface area (TPSA) is 88.1 Å². The van der Waals surface area contributed by atoms with Gasteiger partial charge in [0.2, 0.25) is 0 Å². The van der Waals surface area contributed by atoms with E-state index < -0.39 is 5.91 Å². The normalized spacial score (nSPS) is 17.2. The van der Waals surface area contributed by atoms with Gasteiger partial charge in [0, 0.05) is 37.1 Å². The van der Waals surface area contributed by atoms with Crippen LogP contribution in [0.5, 0.6) is 11.5 Å². The molecule has 1 spiro atoms. The molecule has 1 saturated heterocycles. The summed E-state index contributed by atoms with van der Waals surface area (Å²) in [5.41, 5.74) is 3.40. The molecule has 2 aliphatic heterocycles. The van der Waals surface area contributed by atoms with Gasteiger partial charge in [0.1, 0.15) is 17.1 Å². The molecular formula is C22H24N2O5. The van der Waals surface area contributed by atoms with E-state index in [9.17, 15) is 9.59 Å². The summed E-state index contributed by atoms with van der Waals surface area (Å²) in [6.45, 7) is 1.24. The molecule has 1 fully saturated rings. The van der Waals surface area contributed by atoms with Crippen molar-refractivity contribution in [3.8, 4) is 11.5 Å². The molecule has 2 N–H and O–H groups in total. The number of methoxy groups -OCH3 is 1. The lowest BCUT2D eigenvalue weighted by Gasteiger charge is -2.44. The Morgan fingerprint density at radius 2 is 1.76 bits per heavy atom. The first kappa shape index (κ1) is 19.3. The van der Waals surface area contributed by atoms with Gasteiger partial charge in [-0.15, -0.1) is 0 Å². The van der Waals surface area contributed by atoms with Gasteiger partial charge in [-0.1, -0.05) is 6.07 Å². The molecule has 7 nitrogen and oxygen atoms in total. The zero-order valence-electron chi connectivity index (χ0n) is 16.3. The molecule has 2 heterocycles. The number of piperidine rings is 1. The molecule has 0 atom stereocenters. The molecular weight excluding hydrogens is 372 g/mol. The van der Waals surface area contributed by atoms with Crippen molar-refractivity contribution in [1.29, 1.82) is 0 Å². The second-order valence-corrected chi connectivity index (χ2v) is 7.57. The Labute approximate surface area is 169 Å². The minimum Gasteiger partial charge on any atom is -0.497 e. The maximum atomic E-state index is 12.8. The molecule has 0 aromatic heterocycles. The predicted octanol–water partition coefficient (Wildman–Crippen LogP) is 2.81. The standard InChI is InChI=1S/C22H24N2O5/c1-28-18-6-4-16(5-7-18)21(26)24-12-10-22(11-13-24)9-8-15-2-3-17(20(25)23-27)14-19(15)29-22/h2-7,14,27H,8-13H2,1H3,(H,23,25). The quantitative estimate of drug-likeness (QED) is 0.615. The fraction of sp³-hybridized carbons (Fsp3) is 0.364.